The first-order valence-electron chi connectivity index (χ1n) is 8.39. The predicted octanol–water partition coefficient (Wildman–Crippen LogP) is 3.92. The molecule has 0 N–H and O–H groups in total. The Bertz CT molecular complexity index is 789. The number of halogens is 4. The first-order chi connectivity index (χ1) is 12.5. The highest BCUT2D eigenvalue weighted by molar-refractivity contribution is 5.79. The lowest BCUT2D eigenvalue weighted by molar-refractivity contribution is -0.128. The molecule has 26 heavy (non-hydrogen) atoms. The summed E-state index contributed by atoms with van der Waals surface area (Å²) in [6.45, 7) is 0.181. The second-order valence-corrected chi connectivity index (χ2v) is 6.41. The third-order valence-corrected chi connectivity index (χ3v) is 4.64. The number of pyridine rings is 1. The number of hydrogen-bond donors (Lipinski definition) is 0. The molecular formula is C19H18F4N2O. The number of aryl methyl sites for hydroxylation is 1. The van der Waals surface area contributed by atoms with E-state index in [4.69, 9.17) is 0 Å². The molecule has 1 atom stereocenters. The molecule has 1 aromatic carbocycles. The van der Waals surface area contributed by atoms with Gasteiger partial charge in [-0.3, -0.25) is 14.2 Å². The van der Waals surface area contributed by atoms with E-state index in [9.17, 15) is 22.4 Å². The standard InChI is InChI=1S/C19H18F4N2O/c20-4-1-2-12-9-24-5-3-13(12)10-25-11-15(8-18(25)26)14-6-16(21)19(23)17(22)7-14/h3,5-7,9,15H,1-2,4,8,10-11H2. The summed E-state index contributed by atoms with van der Waals surface area (Å²) in [6.07, 6.45) is 4.28. The van der Waals surface area contributed by atoms with Crippen molar-refractivity contribution in [1.82, 2.24) is 9.88 Å². The number of nitrogens with zero attached hydrogens (tertiary/aromatic N) is 2. The normalized spacial score (nSPS) is 17.2. The van der Waals surface area contributed by atoms with Gasteiger partial charge < -0.3 is 4.90 Å². The Morgan fingerprint density at radius 3 is 2.58 bits per heavy atom. The minimum absolute atomic E-state index is 0.107. The molecule has 1 aromatic heterocycles. The van der Waals surface area contributed by atoms with Crippen LogP contribution in [0.3, 0.4) is 0 Å². The highest BCUT2D eigenvalue weighted by Crippen LogP contribution is 2.31. The highest BCUT2D eigenvalue weighted by atomic mass is 19.2. The van der Waals surface area contributed by atoms with Crippen LogP contribution >= 0.6 is 0 Å². The zero-order chi connectivity index (χ0) is 18.7. The zero-order valence-electron chi connectivity index (χ0n) is 14.0. The lowest BCUT2D eigenvalue weighted by Crippen LogP contribution is -2.25. The largest absolute Gasteiger partial charge is 0.338 e. The SMILES string of the molecule is O=C1CC(c2cc(F)c(F)c(F)c2)CN1Cc1ccncc1CCCF. The van der Waals surface area contributed by atoms with Crippen LogP contribution in [0.4, 0.5) is 17.6 Å². The fraction of sp³-hybridized carbons (Fsp3) is 0.368. The molecule has 2 heterocycles. The Kier molecular flexibility index (Phi) is 5.54. The van der Waals surface area contributed by atoms with Crippen LogP contribution in [0, 0.1) is 17.5 Å². The summed E-state index contributed by atoms with van der Waals surface area (Å²) in [6, 6.07) is 3.67. The van der Waals surface area contributed by atoms with Crippen LogP contribution in [0.1, 0.15) is 35.4 Å². The molecule has 1 unspecified atom stereocenters. The maximum atomic E-state index is 13.5. The molecule has 7 heteroatoms. The minimum atomic E-state index is -1.51. The van der Waals surface area contributed by atoms with Gasteiger partial charge in [0.25, 0.3) is 0 Å². The van der Waals surface area contributed by atoms with E-state index in [2.05, 4.69) is 4.98 Å². The van der Waals surface area contributed by atoms with Crippen molar-refractivity contribution in [3.8, 4) is 0 Å². The highest BCUT2D eigenvalue weighted by Gasteiger charge is 2.32. The maximum absolute atomic E-state index is 13.5. The van der Waals surface area contributed by atoms with Gasteiger partial charge in [-0.2, -0.15) is 0 Å². The van der Waals surface area contributed by atoms with Gasteiger partial charge in [0.2, 0.25) is 5.91 Å². The molecule has 0 aliphatic carbocycles. The number of aromatic nitrogens is 1. The number of rotatable bonds is 6. The van der Waals surface area contributed by atoms with Gasteiger partial charge in [0.1, 0.15) is 0 Å². The van der Waals surface area contributed by atoms with E-state index in [1.165, 1.54) is 0 Å². The van der Waals surface area contributed by atoms with Crippen molar-refractivity contribution in [3.63, 3.8) is 0 Å². The number of alkyl halides is 1. The zero-order valence-corrected chi connectivity index (χ0v) is 14.0. The first kappa shape index (κ1) is 18.4. The third-order valence-electron chi connectivity index (χ3n) is 4.64. The number of hydrogen-bond acceptors (Lipinski definition) is 2. The van der Waals surface area contributed by atoms with Crippen LogP contribution in [0.5, 0.6) is 0 Å². The number of likely N-dealkylation sites (tertiary alicyclic amines) is 1. The number of amides is 1. The molecular weight excluding hydrogens is 348 g/mol. The Balaban J connectivity index is 1.75. The van der Waals surface area contributed by atoms with Crippen LogP contribution in [0.2, 0.25) is 0 Å². The summed E-state index contributed by atoms with van der Waals surface area (Å²) in [5, 5.41) is 0. The van der Waals surface area contributed by atoms with Gasteiger partial charge in [0, 0.05) is 37.8 Å². The average molecular weight is 366 g/mol. The van der Waals surface area contributed by atoms with Crippen molar-refractivity contribution in [2.45, 2.75) is 31.7 Å². The Hall–Kier alpha value is -2.44. The molecule has 1 amide bonds. The number of carbonyl (C=O) groups is 1. The Morgan fingerprint density at radius 2 is 1.88 bits per heavy atom. The van der Waals surface area contributed by atoms with Gasteiger partial charge >= 0.3 is 0 Å². The monoisotopic (exact) mass is 366 g/mol. The molecule has 3 nitrogen and oxygen atoms in total. The van der Waals surface area contributed by atoms with Crippen LogP contribution in [0.15, 0.2) is 30.6 Å². The van der Waals surface area contributed by atoms with E-state index >= 15 is 0 Å². The molecule has 1 aliphatic heterocycles. The van der Waals surface area contributed by atoms with E-state index in [1.54, 1.807) is 23.4 Å². The molecule has 1 fully saturated rings. The molecule has 1 aliphatic rings. The second kappa shape index (κ2) is 7.85. The maximum Gasteiger partial charge on any atom is 0.223 e. The first-order valence-corrected chi connectivity index (χ1v) is 8.39. The molecule has 2 aromatic rings. The van der Waals surface area contributed by atoms with Crippen molar-refractivity contribution in [3.05, 3.63) is 64.7 Å². The van der Waals surface area contributed by atoms with Gasteiger partial charge in [-0.1, -0.05) is 0 Å². The fourth-order valence-corrected chi connectivity index (χ4v) is 3.26. The van der Waals surface area contributed by atoms with Gasteiger partial charge in [0.05, 0.1) is 6.67 Å². The summed E-state index contributed by atoms with van der Waals surface area (Å²) in [4.78, 5) is 17.9. The van der Waals surface area contributed by atoms with Crippen LogP contribution in [-0.4, -0.2) is 29.0 Å². The van der Waals surface area contributed by atoms with E-state index in [-0.39, 0.29) is 24.4 Å². The van der Waals surface area contributed by atoms with Crippen molar-refractivity contribution in [2.75, 3.05) is 13.2 Å². The molecule has 0 saturated carbocycles. The molecule has 138 valence electrons. The smallest absolute Gasteiger partial charge is 0.223 e. The van der Waals surface area contributed by atoms with E-state index < -0.39 is 30.0 Å². The quantitative estimate of drug-likeness (QED) is 0.574. The topological polar surface area (TPSA) is 33.2 Å². The van der Waals surface area contributed by atoms with Crippen molar-refractivity contribution in [1.29, 1.82) is 0 Å². The van der Waals surface area contributed by atoms with Crippen molar-refractivity contribution in [2.24, 2.45) is 0 Å². The number of carbonyl (C=O) groups excluding carboxylic acids is 1. The molecule has 0 spiro atoms. The van der Waals surface area contributed by atoms with Crippen molar-refractivity contribution >= 4 is 5.91 Å². The molecule has 0 bridgehead atoms. The number of benzene rings is 1. The van der Waals surface area contributed by atoms with Gasteiger partial charge in [-0.05, 0) is 47.7 Å². The van der Waals surface area contributed by atoms with Gasteiger partial charge in [0.15, 0.2) is 17.5 Å². The van der Waals surface area contributed by atoms with Gasteiger partial charge in [-0.25, -0.2) is 13.2 Å². The summed E-state index contributed by atoms with van der Waals surface area (Å²) in [7, 11) is 0. The van der Waals surface area contributed by atoms with E-state index in [0.29, 0.717) is 19.4 Å². The van der Waals surface area contributed by atoms with E-state index in [1.807, 2.05) is 0 Å². The molecule has 1 saturated heterocycles. The summed E-state index contributed by atoms with van der Waals surface area (Å²) in [5.41, 5.74) is 2.02. The van der Waals surface area contributed by atoms with Crippen molar-refractivity contribution < 1.29 is 22.4 Å². The van der Waals surface area contributed by atoms with Crippen LogP contribution in [0.25, 0.3) is 0 Å². The predicted molar refractivity (Wildman–Crippen MR) is 87.6 cm³/mol. The van der Waals surface area contributed by atoms with Crippen LogP contribution in [-0.2, 0) is 17.8 Å². The Morgan fingerprint density at radius 1 is 1.15 bits per heavy atom. The molecule has 0 radical (unpaired) electrons. The lowest BCUT2D eigenvalue weighted by Gasteiger charge is -2.19. The van der Waals surface area contributed by atoms with Crippen LogP contribution < -0.4 is 0 Å². The summed E-state index contributed by atoms with van der Waals surface area (Å²) < 4.78 is 52.5. The summed E-state index contributed by atoms with van der Waals surface area (Å²) >= 11 is 0. The Labute approximate surface area is 148 Å². The summed E-state index contributed by atoms with van der Waals surface area (Å²) in [5.74, 6) is -4.57. The van der Waals surface area contributed by atoms with Gasteiger partial charge in [-0.15, -0.1) is 0 Å². The minimum Gasteiger partial charge on any atom is -0.338 e. The second-order valence-electron chi connectivity index (χ2n) is 6.41. The average Bonchev–Trinajstić information content (AvgIpc) is 2.99. The lowest BCUT2D eigenvalue weighted by atomic mass is 9.98. The fourth-order valence-electron chi connectivity index (χ4n) is 3.26. The third kappa shape index (κ3) is 3.86. The molecule has 3 rings (SSSR count). The van der Waals surface area contributed by atoms with E-state index in [0.717, 1.165) is 23.3 Å².